The second-order valence-corrected chi connectivity index (χ2v) is 5.02. The number of carbonyl (C=O) groups is 1. The molecule has 16 heavy (non-hydrogen) atoms. The van der Waals surface area contributed by atoms with Crippen LogP contribution in [0, 0.1) is 0 Å². The van der Waals surface area contributed by atoms with Gasteiger partial charge in [-0.3, -0.25) is 4.79 Å². The number of fused-ring (bicyclic) bond motifs is 1. The molecule has 0 aliphatic heterocycles. The van der Waals surface area contributed by atoms with Gasteiger partial charge in [-0.25, -0.2) is 0 Å². The quantitative estimate of drug-likeness (QED) is 0.738. The van der Waals surface area contributed by atoms with Crippen LogP contribution in [-0.2, 0) is 16.0 Å². The molecule has 1 aliphatic rings. The molecule has 86 valence electrons. The van der Waals surface area contributed by atoms with Gasteiger partial charge >= 0.3 is 5.97 Å². The van der Waals surface area contributed by atoms with E-state index in [9.17, 15) is 4.79 Å². The predicted octanol–water partition coefficient (Wildman–Crippen LogP) is 2.97. The molecule has 0 saturated carbocycles. The summed E-state index contributed by atoms with van der Waals surface area (Å²) in [6, 6.07) is 8.44. The van der Waals surface area contributed by atoms with Crippen molar-refractivity contribution < 1.29 is 9.53 Å². The Balaban J connectivity index is 2.26. The summed E-state index contributed by atoms with van der Waals surface area (Å²) in [5.74, 6) is -0.177. The smallest absolute Gasteiger partial charge is 0.302 e. The van der Waals surface area contributed by atoms with Gasteiger partial charge in [-0.05, 0) is 30.2 Å². The van der Waals surface area contributed by atoms with E-state index in [1.165, 1.54) is 18.1 Å². The fourth-order valence-electron chi connectivity index (χ4n) is 2.30. The Hall–Kier alpha value is -0.960. The number of thioether (sulfide) groups is 1. The van der Waals surface area contributed by atoms with Crippen molar-refractivity contribution in [1.29, 1.82) is 0 Å². The van der Waals surface area contributed by atoms with Crippen LogP contribution in [0.1, 0.15) is 29.7 Å². The number of hydrogen-bond acceptors (Lipinski definition) is 3. The number of carbonyl (C=O) groups excluding carboxylic acids is 1. The van der Waals surface area contributed by atoms with Gasteiger partial charge in [-0.15, -0.1) is 0 Å². The lowest BCUT2D eigenvalue weighted by atomic mass is 9.89. The molecule has 1 aromatic rings. The van der Waals surface area contributed by atoms with Crippen molar-refractivity contribution in [3.05, 3.63) is 35.4 Å². The van der Waals surface area contributed by atoms with Crippen LogP contribution in [0.5, 0.6) is 0 Å². The summed E-state index contributed by atoms with van der Waals surface area (Å²) in [6.07, 6.45) is 4.04. The van der Waals surface area contributed by atoms with E-state index in [1.54, 1.807) is 11.8 Å². The highest BCUT2D eigenvalue weighted by Gasteiger charge is 2.30. The van der Waals surface area contributed by atoms with Gasteiger partial charge < -0.3 is 4.74 Å². The Morgan fingerprint density at radius 2 is 2.19 bits per heavy atom. The normalized spacial score (nSPS) is 23.6. The molecule has 0 radical (unpaired) electrons. The third kappa shape index (κ3) is 2.24. The van der Waals surface area contributed by atoms with E-state index in [0.29, 0.717) is 0 Å². The first-order chi connectivity index (χ1) is 7.72. The van der Waals surface area contributed by atoms with E-state index in [-0.39, 0.29) is 17.3 Å². The van der Waals surface area contributed by atoms with Gasteiger partial charge in [0.1, 0.15) is 6.10 Å². The molecule has 2 atom stereocenters. The van der Waals surface area contributed by atoms with Gasteiger partial charge in [0, 0.05) is 6.92 Å². The molecule has 2 nitrogen and oxygen atoms in total. The van der Waals surface area contributed by atoms with Crippen molar-refractivity contribution in [2.75, 3.05) is 6.26 Å². The van der Waals surface area contributed by atoms with Gasteiger partial charge in [0.25, 0.3) is 0 Å². The molecular weight excluding hydrogens is 220 g/mol. The van der Waals surface area contributed by atoms with Crippen molar-refractivity contribution in [1.82, 2.24) is 0 Å². The Morgan fingerprint density at radius 1 is 1.44 bits per heavy atom. The largest absolute Gasteiger partial charge is 0.461 e. The van der Waals surface area contributed by atoms with Gasteiger partial charge in [-0.2, -0.15) is 11.8 Å². The zero-order chi connectivity index (χ0) is 11.5. The van der Waals surface area contributed by atoms with Crippen LogP contribution in [0.4, 0.5) is 0 Å². The van der Waals surface area contributed by atoms with Crippen LogP contribution in [0.3, 0.4) is 0 Å². The van der Waals surface area contributed by atoms with Crippen LogP contribution in [0.2, 0.25) is 0 Å². The van der Waals surface area contributed by atoms with E-state index in [4.69, 9.17) is 4.74 Å². The Kier molecular flexibility index (Phi) is 3.54. The SMILES string of the molecule is CS[C@@H]1c2ccccc2CC[C@H]1OC(C)=O. The van der Waals surface area contributed by atoms with Crippen LogP contribution >= 0.6 is 11.8 Å². The highest BCUT2D eigenvalue weighted by atomic mass is 32.2. The van der Waals surface area contributed by atoms with Crippen LogP contribution in [-0.4, -0.2) is 18.3 Å². The van der Waals surface area contributed by atoms with E-state index < -0.39 is 0 Å². The fraction of sp³-hybridized carbons (Fsp3) is 0.462. The topological polar surface area (TPSA) is 26.3 Å². The monoisotopic (exact) mass is 236 g/mol. The summed E-state index contributed by atoms with van der Waals surface area (Å²) < 4.78 is 5.39. The second kappa shape index (κ2) is 4.91. The molecule has 1 aromatic carbocycles. The van der Waals surface area contributed by atoms with Crippen molar-refractivity contribution in [2.24, 2.45) is 0 Å². The van der Waals surface area contributed by atoms with Crippen molar-refractivity contribution in [3.8, 4) is 0 Å². The first-order valence-electron chi connectivity index (χ1n) is 5.50. The summed E-state index contributed by atoms with van der Waals surface area (Å²) in [6.45, 7) is 1.48. The molecule has 0 spiro atoms. The maximum absolute atomic E-state index is 11.1. The van der Waals surface area contributed by atoms with Gasteiger partial charge in [0.15, 0.2) is 0 Å². The summed E-state index contributed by atoms with van der Waals surface area (Å²) in [5.41, 5.74) is 2.72. The Labute approximate surface area is 100 Å². The molecule has 0 saturated heterocycles. The molecule has 0 fully saturated rings. The predicted molar refractivity (Wildman–Crippen MR) is 66.6 cm³/mol. The van der Waals surface area contributed by atoms with E-state index in [2.05, 4.69) is 30.5 Å². The van der Waals surface area contributed by atoms with Crippen molar-refractivity contribution >= 4 is 17.7 Å². The maximum atomic E-state index is 11.1. The number of benzene rings is 1. The first-order valence-corrected chi connectivity index (χ1v) is 6.79. The summed E-state index contributed by atoms with van der Waals surface area (Å²) in [5, 5.41) is 0.286. The lowest BCUT2D eigenvalue weighted by molar-refractivity contribution is -0.146. The minimum atomic E-state index is -0.177. The zero-order valence-electron chi connectivity index (χ0n) is 9.60. The Morgan fingerprint density at radius 3 is 2.88 bits per heavy atom. The van der Waals surface area contributed by atoms with Gasteiger partial charge in [0.2, 0.25) is 0 Å². The number of aryl methyl sites for hydroxylation is 1. The molecule has 0 N–H and O–H groups in total. The van der Waals surface area contributed by atoms with Crippen molar-refractivity contribution in [2.45, 2.75) is 31.1 Å². The highest BCUT2D eigenvalue weighted by molar-refractivity contribution is 7.98. The average Bonchev–Trinajstić information content (AvgIpc) is 2.28. The molecule has 0 heterocycles. The fourth-order valence-corrected chi connectivity index (χ4v) is 3.28. The first kappa shape index (κ1) is 11.5. The van der Waals surface area contributed by atoms with E-state index in [1.807, 2.05) is 0 Å². The standard InChI is InChI=1S/C13H16O2S/c1-9(14)15-12-8-7-10-5-3-4-6-11(10)13(12)16-2/h3-6,12-13H,7-8H2,1-2H3/t12-,13-/m1/s1. The molecule has 0 bridgehead atoms. The minimum absolute atomic E-state index is 0.0300. The number of ether oxygens (including phenoxy) is 1. The minimum Gasteiger partial charge on any atom is -0.461 e. The summed E-state index contributed by atoms with van der Waals surface area (Å²) in [7, 11) is 0. The van der Waals surface area contributed by atoms with E-state index in [0.717, 1.165) is 12.8 Å². The Bertz CT molecular complexity index is 389. The van der Waals surface area contributed by atoms with Gasteiger partial charge in [0.05, 0.1) is 5.25 Å². The molecule has 1 aliphatic carbocycles. The van der Waals surface area contributed by atoms with Crippen LogP contribution in [0.15, 0.2) is 24.3 Å². The molecule has 3 heteroatoms. The molecule has 0 unspecified atom stereocenters. The number of esters is 1. The molecule has 0 amide bonds. The second-order valence-electron chi connectivity index (χ2n) is 4.04. The molecule has 2 rings (SSSR count). The number of rotatable bonds is 2. The lowest BCUT2D eigenvalue weighted by Gasteiger charge is -2.31. The molecular formula is C13H16O2S. The van der Waals surface area contributed by atoms with Gasteiger partial charge in [-0.1, -0.05) is 24.3 Å². The zero-order valence-corrected chi connectivity index (χ0v) is 10.4. The van der Waals surface area contributed by atoms with E-state index >= 15 is 0 Å². The summed E-state index contributed by atoms with van der Waals surface area (Å²) in [4.78, 5) is 11.1. The summed E-state index contributed by atoms with van der Waals surface area (Å²) >= 11 is 1.76. The average molecular weight is 236 g/mol. The van der Waals surface area contributed by atoms with Crippen molar-refractivity contribution in [3.63, 3.8) is 0 Å². The maximum Gasteiger partial charge on any atom is 0.302 e. The third-order valence-electron chi connectivity index (χ3n) is 2.97. The lowest BCUT2D eigenvalue weighted by Crippen LogP contribution is -2.27. The number of hydrogen-bond donors (Lipinski definition) is 0. The third-order valence-corrected chi connectivity index (χ3v) is 4.03. The van der Waals surface area contributed by atoms with Crippen LogP contribution < -0.4 is 0 Å². The van der Waals surface area contributed by atoms with Crippen LogP contribution in [0.25, 0.3) is 0 Å². The molecule has 0 aromatic heterocycles. The highest BCUT2D eigenvalue weighted by Crippen LogP contribution is 2.40.